The molecule has 1 aromatic rings. The third-order valence-corrected chi connectivity index (χ3v) is 5.58. The van der Waals surface area contributed by atoms with Crippen molar-refractivity contribution in [3.63, 3.8) is 0 Å². The highest BCUT2D eigenvalue weighted by Gasteiger charge is 2.24. The Morgan fingerprint density at radius 2 is 1.57 bits per heavy atom. The molecule has 1 aromatic carbocycles. The Morgan fingerprint density at radius 1 is 1.00 bits per heavy atom. The van der Waals surface area contributed by atoms with Crippen molar-refractivity contribution in [2.75, 3.05) is 26.2 Å². The van der Waals surface area contributed by atoms with Crippen molar-refractivity contribution in [2.24, 2.45) is 5.73 Å². The predicted molar refractivity (Wildman–Crippen MR) is 82.8 cm³/mol. The molecule has 0 amide bonds. The zero-order valence-electron chi connectivity index (χ0n) is 12.3. The lowest BCUT2D eigenvalue weighted by molar-refractivity contribution is 0.328. The monoisotopic (exact) mass is 312 g/mol. The fourth-order valence-electron chi connectivity index (χ4n) is 2.49. The second-order valence-corrected chi connectivity index (χ2v) is 7.22. The third kappa shape index (κ3) is 4.43. The first kappa shape index (κ1) is 16.3. The lowest BCUT2D eigenvalue weighted by Crippen LogP contribution is -2.33. The van der Waals surface area contributed by atoms with Crippen molar-refractivity contribution in [3.05, 3.63) is 24.3 Å². The molecule has 1 saturated heterocycles. The standard InChI is InChI=1S/C15H24N2O3S/c16-10-13-20-14-6-8-15(9-7-14)21(18,19)17-11-4-2-1-3-5-12-17/h6-9H,1-5,10-13,16H2. The van der Waals surface area contributed by atoms with Crippen LogP contribution in [0.25, 0.3) is 0 Å². The second-order valence-electron chi connectivity index (χ2n) is 5.28. The van der Waals surface area contributed by atoms with E-state index in [-0.39, 0.29) is 0 Å². The Balaban J connectivity index is 2.10. The first-order chi connectivity index (χ1) is 10.1. The maximum Gasteiger partial charge on any atom is 0.243 e. The van der Waals surface area contributed by atoms with E-state index in [4.69, 9.17) is 10.5 Å². The van der Waals surface area contributed by atoms with E-state index in [1.807, 2.05) is 0 Å². The van der Waals surface area contributed by atoms with Crippen LogP contribution in [0.1, 0.15) is 32.1 Å². The average molecular weight is 312 g/mol. The largest absolute Gasteiger partial charge is 0.492 e. The van der Waals surface area contributed by atoms with Crippen LogP contribution in [0.15, 0.2) is 29.2 Å². The van der Waals surface area contributed by atoms with Gasteiger partial charge >= 0.3 is 0 Å². The molecule has 0 saturated carbocycles. The van der Waals surface area contributed by atoms with E-state index in [1.54, 1.807) is 28.6 Å². The van der Waals surface area contributed by atoms with Crippen LogP contribution in [-0.4, -0.2) is 39.0 Å². The van der Waals surface area contributed by atoms with Gasteiger partial charge in [0.15, 0.2) is 0 Å². The molecule has 0 spiro atoms. The molecular weight excluding hydrogens is 288 g/mol. The summed E-state index contributed by atoms with van der Waals surface area (Å²) in [6.45, 7) is 2.10. The number of hydrogen-bond acceptors (Lipinski definition) is 4. The molecule has 1 fully saturated rings. The molecule has 6 heteroatoms. The number of nitrogens with two attached hydrogens (primary N) is 1. The molecule has 1 heterocycles. The summed E-state index contributed by atoms with van der Waals surface area (Å²) in [5.74, 6) is 0.645. The number of ether oxygens (including phenoxy) is 1. The minimum Gasteiger partial charge on any atom is -0.492 e. The van der Waals surface area contributed by atoms with Crippen LogP contribution in [0.5, 0.6) is 5.75 Å². The Kier molecular flexibility index (Phi) is 6.02. The van der Waals surface area contributed by atoms with Gasteiger partial charge in [-0.15, -0.1) is 0 Å². The summed E-state index contributed by atoms with van der Waals surface area (Å²) in [5.41, 5.74) is 5.37. The van der Waals surface area contributed by atoms with Gasteiger partial charge in [0.2, 0.25) is 10.0 Å². The molecule has 1 aliphatic heterocycles. The summed E-state index contributed by atoms with van der Waals surface area (Å²) < 4.78 is 32.3. The van der Waals surface area contributed by atoms with Crippen LogP contribution in [0.4, 0.5) is 0 Å². The van der Waals surface area contributed by atoms with Gasteiger partial charge in [0.25, 0.3) is 0 Å². The molecule has 2 rings (SSSR count). The SMILES string of the molecule is NCCOc1ccc(S(=O)(=O)N2CCCCCCC2)cc1. The van der Waals surface area contributed by atoms with Crippen LogP contribution in [0.3, 0.4) is 0 Å². The zero-order valence-corrected chi connectivity index (χ0v) is 13.1. The molecule has 0 atom stereocenters. The lowest BCUT2D eigenvalue weighted by atomic mass is 10.1. The van der Waals surface area contributed by atoms with Crippen molar-refractivity contribution in [2.45, 2.75) is 37.0 Å². The summed E-state index contributed by atoms with van der Waals surface area (Å²) in [4.78, 5) is 0.336. The maximum atomic E-state index is 12.6. The molecule has 2 N–H and O–H groups in total. The van der Waals surface area contributed by atoms with Gasteiger partial charge in [0.1, 0.15) is 12.4 Å². The van der Waals surface area contributed by atoms with E-state index in [1.165, 1.54) is 6.42 Å². The van der Waals surface area contributed by atoms with Crippen molar-refractivity contribution < 1.29 is 13.2 Å². The van der Waals surface area contributed by atoms with Gasteiger partial charge in [-0.3, -0.25) is 0 Å². The fourth-order valence-corrected chi connectivity index (χ4v) is 4.01. The summed E-state index contributed by atoms with van der Waals surface area (Å²) in [7, 11) is -3.39. The number of rotatable bonds is 5. The molecule has 0 aromatic heterocycles. The predicted octanol–water partition coefficient (Wildman–Crippen LogP) is 1.98. The van der Waals surface area contributed by atoms with E-state index in [2.05, 4.69) is 0 Å². The Morgan fingerprint density at radius 3 is 2.14 bits per heavy atom. The van der Waals surface area contributed by atoms with Crippen molar-refractivity contribution >= 4 is 10.0 Å². The van der Waals surface area contributed by atoms with Gasteiger partial charge < -0.3 is 10.5 Å². The van der Waals surface area contributed by atoms with Crippen molar-refractivity contribution in [1.29, 1.82) is 0 Å². The summed E-state index contributed by atoms with van der Waals surface area (Å²) in [5, 5.41) is 0. The highest BCUT2D eigenvalue weighted by atomic mass is 32.2. The quantitative estimate of drug-likeness (QED) is 0.902. The van der Waals surface area contributed by atoms with Gasteiger partial charge in [0, 0.05) is 19.6 Å². The van der Waals surface area contributed by atoms with E-state index in [9.17, 15) is 8.42 Å². The van der Waals surface area contributed by atoms with Crippen LogP contribution in [0, 0.1) is 0 Å². The minimum atomic E-state index is -3.39. The molecular formula is C15H24N2O3S. The normalized spacial score (nSPS) is 18.0. The molecule has 0 aliphatic carbocycles. The maximum absolute atomic E-state index is 12.6. The summed E-state index contributed by atoms with van der Waals surface area (Å²) in [6, 6.07) is 6.60. The molecule has 5 nitrogen and oxygen atoms in total. The van der Waals surface area contributed by atoms with E-state index in [0.29, 0.717) is 36.9 Å². The van der Waals surface area contributed by atoms with Gasteiger partial charge in [-0.2, -0.15) is 4.31 Å². The average Bonchev–Trinajstić information content (AvgIpc) is 2.45. The van der Waals surface area contributed by atoms with Gasteiger partial charge in [0.05, 0.1) is 4.90 Å². The van der Waals surface area contributed by atoms with Gasteiger partial charge in [-0.05, 0) is 37.1 Å². The molecule has 118 valence electrons. The highest BCUT2D eigenvalue weighted by Crippen LogP contribution is 2.22. The number of hydrogen-bond donors (Lipinski definition) is 1. The van der Waals surface area contributed by atoms with Gasteiger partial charge in [-0.1, -0.05) is 19.3 Å². The summed E-state index contributed by atoms with van der Waals surface area (Å²) >= 11 is 0. The first-order valence-corrected chi connectivity index (χ1v) is 9.01. The smallest absolute Gasteiger partial charge is 0.243 e. The van der Waals surface area contributed by atoms with Crippen LogP contribution in [0.2, 0.25) is 0 Å². The van der Waals surface area contributed by atoms with Crippen LogP contribution >= 0.6 is 0 Å². The third-order valence-electron chi connectivity index (χ3n) is 3.66. The first-order valence-electron chi connectivity index (χ1n) is 7.57. The molecule has 0 bridgehead atoms. The van der Waals surface area contributed by atoms with Crippen molar-refractivity contribution in [1.82, 2.24) is 4.31 Å². The second kappa shape index (κ2) is 7.77. The Labute approximate surface area is 127 Å². The van der Waals surface area contributed by atoms with E-state index < -0.39 is 10.0 Å². The summed E-state index contributed by atoms with van der Waals surface area (Å²) in [6.07, 6.45) is 5.31. The Bertz CT molecular complexity index is 520. The van der Waals surface area contributed by atoms with Gasteiger partial charge in [-0.25, -0.2) is 8.42 Å². The molecule has 1 aliphatic rings. The number of benzene rings is 1. The Hall–Kier alpha value is -1.11. The lowest BCUT2D eigenvalue weighted by Gasteiger charge is -2.24. The van der Waals surface area contributed by atoms with E-state index >= 15 is 0 Å². The number of sulfonamides is 1. The highest BCUT2D eigenvalue weighted by molar-refractivity contribution is 7.89. The van der Waals surface area contributed by atoms with Crippen LogP contribution < -0.4 is 10.5 Å². The van der Waals surface area contributed by atoms with E-state index in [0.717, 1.165) is 25.7 Å². The zero-order chi connectivity index (χ0) is 15.1. The molecule has 0 radical (unpaired) electrons. The van der Waals surface area contributed by atoms with Crippen LogP contribution in [-0.2, 0) is 10.0 Å². The minimum absolute atomic E-state index is 0.336. The fraction of sp³-hybridized carbons (Fsp3) is 0.600. The number of nitrogens with zero attached hydrogens (tertiary/aromatic N) is 1. The van der Waals surface area contributed by atoms with Crippen molar-refractivity contribution in [3.8, 4) is 5.75 Å². The molecule has 0 unspecified atom stereocenters. The topological polar surface area (TPSA) is 72.6 Å². The molecule has 21 heavy (non-hydrogen) atoms.